The molecule has 2 aromatic carbocycles. The fraction of sp³-hybridized carbons (Fsp3) is 0.188. The van der Waals surface area contributed by atoms with Gasteiger partial charge in [0.25, 0.3) is 0 Å². The molecule has 0 heterocycles. The van der Waals surface area contributed by atoms with Crippen LogP contribution in [0.15, 0.2) is 30.3 Å². The summed E-state index contributed by atoms with van der Waals surface area (Å²) in [5.41, 5.74) is 6.48. The van der Waals surface area contributed by atoms with E-state index in [1.54, 1.807) is 6.07 Å². The van der Waals surface area contributed by atoms with Crippen molar-refractivity contribution in [3.8, 4) is 11.1 Å². The van der Waals surface area contributed by atoms with Crippen LogP contribution in [0.2, 0.25) is 5.02 Å². The third-order valence-corrected chi connectivity index (χ3v) is 3.42. The van der Waals surface area contributed by atoms with Crippen LogP contribution < -0.4 is 0 Å². The molecule has 0 N–H and O–H groups in total. The van der Waals surface area contributed by atoms with Crippen molar-refractivity contribution in [1.82, 2.24) is 0 Å². The van der Waals surface area contributed by atoms with Crippen LogP contribution in [-0.2, 0) is 0 Å². The highest BCUT2D eigenvalue weighted by molar-refractivity contribution is 6.33. The van der Waals surface area contributed by atoms with Crippen LogP contribution in [0.4, 0.5) is 0 Å². The first-order valence-electron chi connectivity index (χ1n) is 5.86. The molecule has 0 spiro atoms. The molecule has 0 radical (unpaired) electrons. The third kappa shape index (κ3) is 2.32. The Kier molecular flexibility index (Phi) is 3.53. The average molecular weight is 259 g/mol. The molecule has 0 aliphatic rings. The van der Waals surface area contributed by atoms with E-state index in [4.69, 9.17) is 11.6 Å². The van der Waals surface area contributed by atoms with Crippen molar-refractivity contribution in [3.05, 3.63) is 57.6 Å². The zero-order chi connectivity index (χ0) is 13.3. The molecule has 0 saturated carbocycles. The van der Waals surface area contributed by atoms with Gasteiger partial charge in [0, 0.05) is 5.56 Å². The maximum absolute atomic E-state index is 10.8. The maximum atomic E-state index is 10.8. The van der Waals surface area contributed by atoms with Crippen molar-refractivity contribution in [3.63, 3.8) is 0 Å². The number of halogens is 1. The Morgan fingerprint density at radius 1 is 1.00 bits per heavy atom. The van der Waals surface area contributed by atoms with Gasteiger partial charge in [-0.3, -0.25) is 4.79 Å². The molecule has 0 unspecified atom stereocenters. The van der Waals surface area contributed by atoms with Crippen molar-refractivity contribution < 1.29 is 4.79 Å². The molecule has 0 amide bonds. The molecule has 2 aromatic rings. The minimum Gasteiger partial charge on any atom is -0.298 e. The number of hydrogen-bond donors (Lipinski definition) is 0. The van der Waals surface area contributed by atoms with E-state index in [0.29, 0.717) is 10.6 Å². The standard InChI is InChI=1S/C16H15ClO/c1-10-6-11(2)16(12(3)7-10)13-4-5-14(9-18)15(17)8-13/h4-9H,1-3H3. The number of benzene rings is 2. The lowest BCUT2D eigenvalue weighted by molar-refractivity contribution is 0.112. The topological polar surface area (TPSA) is 17.1 Å². The van der Waals surface area contributed by atoms with Gasteiger partial charge in [0.1, 0.15) is 0 Å². The molecule has 1 nitrogen and oxygen atoms in total. The molecule has 0 aliphatic carbocycles. The van der Waals surface area contributed by atoms with E-state index < -0.39 is 0 Å². The minimum atomic E-state index is 0.502. The summed E-state index contributed by atoms with van der Waals surface area (Å²) in [6, 6.07) is 9.88. The van der Waals surface area contributed by atoms with Crippen LogP contribution in [0, 0.1) is 20.8 Å². The SMILES string of the molecule is Cc1cc(C)c(-c2ccc(C=O)c(Cl)c2)c(C)c1. The Balaban J connectivity index is 2.62. The molecule has 0 aromatic heterocycles. The van der Waals surface area contributed by atoms with Crippen molar-refractivity contribution in [2.24, 2.45) is 0 Å². The second-order valence-electron chi connectivity index (χ2n) is 4.63. The molecule has 2 rings (SSSR count). The van der Waals surface area contributed by atoms with E-state index >= 15 is 0 Å². The summed E-state index contributed by atoms with van der Waals surface area (Å²) in [5.74, 6) is 0. The second-order valence-corrected chi connectivity index (χ2v) is 5.04. The van der Waals surface area contributed by atoms with Crippen molar-refractivity contribution >= 4 is 17.9 Å². The van der Waals surface area contributed by atoms with E-state index in [0.717, 1.165) is 11.8 Å². The van der Waals surface area contributed by atoms with Crippen LogP contribution in [0.5, 0.6) is 0 Å². The zero-order valence-corrected chi connectivity index (χ0v) is 11.5. The summed E-state index contributed by atoms with van der Waals surface area (Å²) < 4.78 is 0. The summed E-state index contributed by atoms with van der Waals surface area (Å²) in [6.07, 6.45) is 0.779. The molecule has 0 bridgehead atoms. The van der Waals surface area contributed by atoms with Gasteiger partial charge in [-0.2, -0.15) is 0 Å². The number of aryl methyl sites for hydroxylation is 3. The molecular formula is C16H15ClO. The summed E-state index contributed by atoms with van der Waals surface area (Å²) in [5, 5.41) is 0.502. The van der Waals surface area contributed by atoms with E-state index in [2.05, 4.69) is 32.9 Å². The molecule has 18 heavy (non-hydrogen) atoms. The first-order valence-corrected chi connectivity index (χ1v) is 6.23. The lowest BCUT2D eigenvalue weighted by Crippen LogP contribution is -1.91. The lowest BCUT2D eigenvalue weighted by atomic mass is 9.93. The van der Waals surface area contributed by atoms with Crippen molar-refractivity contribution in [2.45, 2.75) is 20.8 Å². The van der Waals surface area contributed by atoms with Gasteiger partial charge in [-0.1, -0.05) is 35.4 Å². The van der Waals surface area contributed by atoms with Gasteiger partial charge in [0.15, 0.2) is 6.29 Å². The Bertz CT molecular complexity index is 591. The Morgan fingerprint density at radius 3 is 2.11 bits per heavy atom. The third-order valence-electron chi connectivity index (χ3n) is 3.09. The van der Waals surface area contributed by atoms with Gasteiger partial charge in [0.05, 0.1) is 5.02 Å². The highest BCUT2D eigenvalue weighted by Crippen LogP contribution is 2.31. The molecular weight excluding hydrogens is 244 g/mol. The highest BCUT2D eigenvalue weighted by Gasteiger charge is 2.08. The van der Waals surface area contributed by atoms with Gasteiger partial charge in [-0.15, -0.1) is 0 Å². The number of aldehydes is 1. The first kappa shape index (κ1) is 12.8. The first-order chi connectivity index (χ1) is 8.52. The quantitative estimate of drug-likeness (QED) is 0.711. The van der Waals surface area contributed by atoms with Crippen LogP contribution in [0.3, 0.4) is 0 Å². The largest absolute Gasteiger partial charge is 0.298 e. The summed E-state index contributed by atoms with van der Waals surface area (Å²) in [7, 11) is 0. The molecule has 0 aliphatic heterocycles. The molecule has 0 fully saturated rings. The fourth-order valence-electron chi connectivity index (χ4n) is 2.41. The normalized spacial score (nSPS) is 10.4. The Labute approximate surface area is 112 Å². The minimum absolute atomic E-state index is 0.502. The second kappa shape index (κ2) is 4.95. The monoisotopic (exact) mass is 258 g/mol. The van der Waals surface area contributed by atoms with E-state index in [1.807, 2.05) is 12.1 Å². The van der Waals surface area contributed by atoms with E-state index in [9.17, 15) is 4.79 Å². The number of carbonyl (C=O) groups is 1. The summed E-state index contributed by atoms with van der Waals surface area (Å²) >= 11 is 6.08. The number of carbonyl (C=O) groups excluding carboxylic acids is 1. The number of hydrogen-bond acceptors (Lipinski definition) is 1. The van der Waals surface area contributed by atoms with Gasteiger partial charge in [-0.05, 0) is 55.2 Å². The van der Waals surface area contributed by atoms with Crippen molar-refractivity contribution in [1.29, 1.82) is 0 Å². The Hall–Kier alpha value is -1.60. The highest BCUT2D eigenvalue weighted by atomic mass is 35.5. The van der Waals surface area contributed by atoms with Crippen LogP contribution >= 0.6 is 11.6 Å². The summed E-state index contributed by atoms with van der Waals surface area (Å²) in [6.45, 7) is 6.28. The van der Waals surface area contributed by atoms with E-state index in [1.165, 1.54) is 22.3 Å². The fourth-order valence-corrected chi connectivity index (χ4v) is 2.64. The molecule has 0 atom stereocenters. The predicted molar refractivity (Wildman–Crippen MR) is 76.5 cm³/mol. The number of rotatable bonds is 2. The molecule has 2 heteroatoms. The van der Waals surface area contributed by atoms with Crippen molar-refractivity contribution in [2.75, 3.05) is 0 Å². The van der Waals surface area contributed by atoms with Crippen LogP contribution in [0.25, 0.3) is 11.1 Å². The lowest BCUT2D eigenvalue weighted by Gasteiger charge is -2.12. The van der Waals surface area contributed by atoms with E-state index in [-0.39, 0.29) is 0 Å². The van der Waals surface area contributed by atoms with Crippen LogP contribution in [0.1, 0.15) is 27.0 Å². The average Bonchev–Trinajstić information content (AvgIpc) is 2.27. The van der Waals surface area contributed by atoms with Gasteiger partial charge in [-0.25, -0.2) is 0 Å². The summed E-state index contributed by atoms with van der Waals surface area (Å²) in [4.78, 5) is 10.8. The smallest absolute Gasteiger partial charge is 0.151 e. The maximum Gasteiger partial charge on any atom is 0.151 e. The van der Waals surface area contributed by atoms with Gasteiger partial charge in [0.2, 0.25) is 0 Å². The molecule has 92 valence electrons. The molecule has 0 saturated heterocycles. The zero-order valence-electron chi connectivity index (χ0n) is 10.8. The Morgan fingerprint density at radius 2 is 1.61 bits per heavy atom. The predicted octanol–water partition coefficient (Wildman–Crippen LogP) is 4.74. The van der Waals surface area contributed by atoms with Gasteiger partial charge < -0.3 is 0 Å². The van der Waals surface area contributed by atoms with Gasteiger partial charge >= 0.3 is 0 Å². The van der Waals surface area contributed by atoms with Crippen LogP contribution in [-0.4, -0.2) is 6.29 Å².